The molecule has 8 heteroatoms. The number of hydrogen-bond donors (Lipinski definition) is 0. The third-order valence-corrected chi connectivity index (χ3v) is 5.84. The summed E-state index contributed by atoms with van der Waals surface area (Å²) in [6.45, 7) is 4.17. The third kappa shape index (κ3) is 4.43. The monoisotopic (exact) mass is 363 g/mol. The Morgan fingerprint density at radius 2 is 2.12 bits per heavy atom. The standard InChI is InChI=1S/C17H25N5O2S/c1-3-8-22-17(6-7-20-22)16-12-18-15(11-19-16)10-14-5-4-9-21(13-14)25(2,23)24/h6-7,11-12,14H,3-5,8-10,13H2,1-2H3/t14-/m1/s1. The van der Waals surface area contributed by atoms with Crippen LogP contribution in [0.1, 0.15) is 31.9 Å². The summed E-state index contributed by atoms with van der Waals surface area (Å²) in [6, 6.07) is 1.95. The van der Waals surface area contributed by atoms with Crippen LogP contribution in [0.15, 0.2) is 24.7 Å². The van der Waals surface area contributed by atoms with Crippen molar-refractivity contribution < 1.29 is 8.42 Å². The van der Waals surface area contributed by atoms with Crippen molar-refractivity contribution in [3.8, 4) is 11.4 Å². The Kier molecular flexibility index (Phi) is 5.48. The van der Waals surface area contributed by atoms with Crippen molar-refractivity contribution in [2.24, 2.45) is 5.92 Å². The number of hydrogen-bond acceptors (Lipinski definition) is 5. The Balaban J connectivity index is 1.67. The van der Waals surface area contributed by atoms with Crippen molar-refractivity contribution in [2.75, 3.05) is 19.3 Å². The fraction of sp³-hybridized carbons (Fsp3) is 0.588. The summed E-state index contributed by atoms with van der Waals surface area (Å²) in [6.07, 6.45) is 10.4. The highest BCUT2D eigenvalue weighted by Gasteiger charge is 2.26. The van der Waals surface area contributed by atoms with Crippen molar-refractivity contribution in [1.82, 2.24) is 24.1 Å². The summed E-state index contributed by atoms with van der Waals surface area (Å²) in [7, 11) is -3.11. The molecule has 25 heavy (non-hydrogen) atoms. The Morgan fingerprint density at radius 1 is 1.28 bits per heavy atom. The zero-order chi connectivity index (χ0) is 17.9. The van der Waals surface area contributed by atoms with E-state index < -0.39 is 10.0 Å². The lowest BCUT2D eigenvalue weighted by Gasteiger charge is -2.30. The zero-order valence-corrected chi connectivity index (χ0v) is 15.6. The molecule has 0 aromatic carbocycles. The van der Waals surface area contributed by atoms with E-state index in [0.717, 1.165) is 49.3 Å². The van der Waals surface area contributed by atoms with Gasteiger partial charge in [0.2, 0.25) is 10.0 Å². The summed E-state index contributed by atoms with van der Waals surface area (Å²) in [5, 5.41) is 4.32. The minimum absolute atomic E-state index is 0.300. The maximum absolute atomic E-state index is 11.7. The first kappa shape index (κ1) is 18.0. The van der Waals surface area contributed by atoms with Crippen molar-refractivity contribution in [3.63, 3.8) is 0 Å². The molecule has 1 aliphatic rings. The lowest BCUT2D eigenvalue weighted by atomic mass is 9.95. The highest BCUT2D eigenvalue weighted by atomic mass is 32.2. The van der Waals surface area contributed by atoms with Gasteiger partial charge in [-0.2, -0.15) is 5.10 Å². The second kappa shape index (κ2) is 7.61. The highest BCUT2D eigenvalue weighted by molar-refractivity contribution is 7.88. The van der Waals surface area contributed by atoms with E-state index in [0.29, 0.717) is 19.0 Å². The van der Waals surface area contributed by atoms with E-state index in [-0.39, 0.29) is 0 Å². The van der Waals surface area contributed by atoms with Gasteiger partial charge in [0.25, 0.3) is 0 Å². The van der Waals surface area contributed by atoms with Crippen LogP contribution in [0.3, 0.4) is 0 Å². The molecule has 2 aromatic heterocycles. The predicted octanol–water partition coefficient (Wildman–Crippen LogP) is 1.96. The molecule has 1 fully saturated rings. The fourth-order valence-electron chi connectivity index (χ4n) is 3.32. The molecule has 0 amide bonds. The number of nitrogens with zero attached hydrogens (tertiary/aromatic N) is 5. The van der Waals surface area contributed by atoms with Gasteiger partial charge >= 0.3 is 0 Å². The van der Waals surface area contributed by atoms with Gasteiger partial charge in [0.1, 0.15) is 5.69 Å². The number of piperidine rings is 1. The normalized spacial score (nSPS) is 19.2. The summed E-state index contributed by atoms with van der Waals surface area (Å²) in [5.41, 5.74) is 2.70. The molecule has 7 nitrogen and oxygen atoms in total. The molecule has 0 spiro atoms. The van der Waals surface area contributed by atoms with E-state index in [1.807, 2.05) is 10.7 Å². The average molecular weight is 363 g/mol. The van der Waals surface area contributed by atoms with Gasteiger partial charge in [-0.25, -0.2) is 12.7 Å². The first-order valence-electron chi connectivity index (χ1n) is 8.75. The van der Waals surface area contributed by atoms with Gasteiger partial charge < -0.3 is 0 Å². The summed E-state index contributed by atoms with van der Waals surface area (Å²) in [4.78, 5) is 9.09. The van der Waals surface area contributed by atoms with Gasteiger partial charge in [-0.3, -0.25) is 14.6 Å². The first-order valence-corrected chi connectivity index (χ1v) is 10.6. The topological polar surface area (TPSA) is 81.0 Å². The van der Waals surface area contributed by atoms with Gasteiger partial charge in [0.15, 0.2) is 0 Å². The van der Waals surface area contributed by atoms with Crippen LogP contribution in [0.25, 0.3) is 11.4 Å². The van der Waals surface area contributed by atoms with E-state index in [1.165, 1.54) is 6.26 Å². The minimum atomic E-state index is -3.11. The van der Waals surface area contributed by atoms with Gasteiger partial charge in [-0.1, -0.05) is 6.92 Å². The lowest BCUT2D eigenvalue weighted by Crippen LogP contribution is -2.39. The maximum Gasteiger partial charge on any atom is 0.211 e. The molecule has 0 saturated carbocycles. The van der Waals surface area contributed by atoms with Crippen LogP contribution in [0.4, 0.5) is 0 Å². The molecule has 0 N–H and O–H groups in total. The molecule has 2 aromatic rings. The van der Waals surface area contributed by atoms with Gasteiger partial charge in [-0.15, -0.1) is 0 Å². The molecular formula is C17H25N5O2S. The number of sulfonamides is 1. The van der Waals surface area contributed by atoms with Gasteiger partial charge in [-0.05, 0) is 37.7 Å². The molecular weight excluding hydrogens is 338 g/mol. The summed E-state index contributed by atoms with van der Waals surface area (Å²) >= 11 is 0. The van der Waals surface area contributed by atoms with E-state index in [9.17, 15) is 8.42 Å². The summed E-state index contributed by atoms with van der Waals surface area (Å²) < 4.78 is 27.0. The smallest absolute Gasteiger partial charge is 0.211 e. The second-order valence-corrected chi connectivity index (χ2v) is 8.65. The van der Waals surface area contributed by atoms with Gasteiger partial charge in [0, 0.05) is 32.0 Å². The molecule has 1 atom stereocenters. The second-order valence-electron chi connectivity index (χ2n) is 6.67. The Hall–Kier alpha value is -1.80. The Labute approximate surface area is 149 Å². The van der Waals surface area contributed by atoms with Crippen molar-refractivity contribution in [1.29, 1.82) is 0 Å². The van der Waals surface area contributed by atoms with Crippen molar-refractivity contribution in [2.45, 2.75) is 39.2 Å². The predicted molar refractivity (Wildman–Crippen MR) is 96.4 cm³/mol. The SMILES string of the molecule is CCCn1nccc1-c1cnc(C[C@H]2CCCN(S(C)(=O)=O)C2)cn1. The van der Waals surface area contributed by atoms with E-state index in [4.69, 9.17) is 0 Å². The number of aromatic nitrogens is 4. The molecule has 0 unspecified atom stereocenters. The third-order valence-electron chi connectivity index (χ3n) is 4.57. The molecule has 3 heterocycles. The van der Waals surface area contributed by atoms with Crippen molar-refractivity contribution in [3.05, 3.63) is 30.4 Å². The van der Waals surface area contributed by atoms with E-state index in [2.05, 4.69) is 22.0 Å². The van der Waals surface area contributed by atoms with E-state index >= 15 is 0 Å². The van der Waals surface area contributed by atoms with Crippen LogP contribution in [0.5, 0.6) is 0 Å². The molecule has 136 valence electrons. The fourth-order valence-corrected chi connectivity index (χ4v) is 4.27. The quantitative estimate of drug-likeness (QED) is 0.784. The molecule has 0 bridgehead atoms. The summed E-state index contributed by atoms with van der Waals surface area (Å²) in [5.74, 6) is 0.300. The number of aryl methyl sites for hydroxylation is 1. The van der Waals surface area contributed by atoms with Crippen LogP contribution in [-0.4, -0.2) is 51.8 Å². The Bertz CT molecular complexity index is 801. The first-order chi connectivity index (χ1) is 12.0. The van der Waals surface area contributed by atoms with E-state index in [1.54, 1.807) is 22.9 Å². The molecule has 0 aliphatic carbocycles. The largest absolute Gasteiger partial charge is 0.263 e. The van der Waals surface area contributed by atoms with Crippen LogP contribution in [0, 0.1) is 5.92 Å². The van der Waals surface area contributed by atoms with Crippen LogP contribution in [0.2, 0.25) is 0 Å². The molecule has 1 aliphatic heterocycles. The number of rotatable bonds is 6. The molecule has 3 rings (SSSR count). The zero-order valence-electron chi connectivity index (χ0n) is 14.8. The highest BCUT2D eigenvalue weighted by Crippen LogP contribution is 2.22. The maximum atomic E-state index is 11.7. The molecule has 1 saturated heterocycles. The minimum Gasteiger partial charge on any atom is -0.263 e. The lowest BCUT2D eigenvalue weighted by molar-refractivity contribution is 0.265. The van der Waals surface area contributed by atoms with Gasteiger partial charge in [0.05, 0.1) is 23.8 Å². The van der Waals surface area contributed by atoms with Crippen LogP contribution >= 0.6 is 0 Å². The van der Waals surface area contributed by atoms with Crippen molar-refractivity contribution >= 4 is 10.0 Å². The average Bonchev–Trinajstić information content (AvgIpc) is 3.04. The van der Waals surface area contributed by atoms with Crippen LogP contribution < -0.4 is 0 Å². The molecule has 0 radical (unpaired) electrons. The Morgan fingerprint density at radius 3 is 2.80 bits per heavy atom. The van der Waals surface area contributed by atoms with Crippen LogP contribution in [-0.2, 0) is 23.0 Å².